The van der Waals surface area contributed by atoms with Gasteiger partial charge in [0.25, 0.3) is 17.7 Å². The predicted octanol–water partition coefficient (Wildman–Crippen LogP) is 16.0. The van der Waals surface area contributed by atoms with Crippen molar-refractivity contribution >= 4 is 45.5 Å². The van der Waals surface area contributed by atoms with E-state index in [1.165, 1.54) is 29.2 Å². The Bertz CT molecular complexity index is 5030. The first-order valence-corrected chi connectivity index (χ1v) is 33.0. The predicted molar refractivity (Wildman–Crippen MR) is 384 cm³/mol. The summed E-state index contributed by atoms with van der Waals surface area (Å²) >= 11 is 0. The van der Waals surface area contributed by atoms with Crippen LogP contribution in [0.5, 0.6) is 34.5 Å². The van der Waals surface area contributed by atoms with Gasteiger partial charge in [0.1, 0.15) is 57.9 Å². The smallest absolute Gasteiger partial charge is 0.336 e. The van der Waals surface area contributed by atoms with Crippen LogP contribution in [0, 0.1) is 11.6 Å². The number of carboxylic acids is 1. The number of hydrogen-bond donors (Lipinski definition) is 1. The van der Waals surface area contributed by atoms with E-state index in [2.05, 4.69) is 0 Å². The van der Waals surface area contributed by atoms with Crippen LogP contribution in [0.3, 0.4) is 0 Å². The number of halogens is 2. The van der Waals surface area contributed by atoms with Crippen LogP contribution in [0.4, 0.5) is 8.78 Å². The fourth-order valence-corrected chi connectivity index (χ4v) is 13.3. The number of carboxylic acid groups (broad SMARTS) is 1. The molecule has 512 valence electrons. The maximum Gasteiger partial charge on any atom is 0.336 e. The van der Waals surface area contributed by atoms with E-state index in [1.54, 1.807) is 113 Å². The van der Waals surface area contributed by atoms with Gasteiger partial charge < -0.3 is 48.2 Å². The number of pyridine rings is 2. The zero-order chi connectivity index (χ0) is 71.1. The van der Waals surface area contributed by atoms with Crippen molar-refractivity contribution in [3.8, 4) is 34.5 Å². The molecule has 0 spiro atoms. The van der Waals surface area contributed by atoms with Crippen LogP contribution in [0.2, 0.25) is 0 Å². The van der Waals surface area contributed by atoms with Gasteiger partial charge in [-0.25, -0.2) is 13.6 Å². The van der Waals surface area contributed by atoms with Crippen LogP contribution < -0.4 is 28.4 Å². The summed E-state index contributed by atoms with van der Waals surface area (Å²) in [6.45, 7) is 0.560. The van der Waals surface area contributed by atoms with Gasteiger partial charge in [-0.2, -0.15) is 0 Å². The second kappa shape index (κ2) is 30.0. The Morgan fingerprint density at radius 2 is 0.833 bits per heavy atom. The minimum Gasteiger partial charge on any atom is -0.497 e. The average molecular weight is 1360 g/mol. The van der Waals surface area contributed by atoms with Gasteiger partial charge in [0.15, 0.2) is 11.5 Å². The summed E-state index contributed by atoms with van der Waals surface area (Å²) in [4.78, 5) is 71.0. The van der Waals surface area contributed by atoms with E-state index in [0.29, 0.717) is 80.1 Å². The number of amides is 3. The highest BCUT2D eigenvalue weighted by atomic mass is 19.1. The highest BCUT2D eigenvalue weighted by Gasteiger charge is 2.41. The minimum absolute atomic E-state index is 0.00988. The van der Waals surface area contributed by atoms with Crippen molar-refractivity contribution in [2.24, 2.45) is 0 Å². The summed E-state index contributed by atoms with van der Waals surface area (Å²) in [5, 5.41) is 11.6. The highest BCUT2D eigenvalue weighted by molar-refractivity contribution is 6.17. The maximum atomic E-state index is 14.7. The molecule has 2 aromatic heterocycles. The van der Waals surface area contributed by atoms with E-state index in [4.69, 9.17) is 38.4 Å². The Morgan fingerprint density at radius 1 is 0.471 bits per heavy atom. The van der Waals surface area contributed by atoms with Gasteiger partial charge in [0.2, 0.25) is 0 Å². The molecule has 18 heteroatoms. The molecule has 2 aliphatic rings. The molecular formula is C84H71F2N5O11. The summed E-state index contributed by atoms with van der Waals surface area (Å²) in [5.41, 5.74) is 10.7. The van der Waals surface area contributed by atoms with E-state index >= 15 is 0 Å². The number of aromatic carboxylic acids is 1. The number of benzene rings is 10. The fourth-order valence-electron chi connectivity index (χ4n) is 13.3. The molecule has 3 amide bonds. The lowest BCUT2D eigenvalue weighted by molar-refractivity contribution is 0.0692. The molecule has 1 N–H and O–H groups in total. The lowest BCUT2D eigenvalue weighted by atomic mass is 9.93. The summed E-state index contributed by atoms with van der Waals surface area (Å²) in [7, 11) is 9.65. The van der Waals surface area contributed by atoms with Crippen molar-refractivity contribution in [1.29, 1.82) is 0 Å². The van der Waals surface area contributed by atoms with Crippen molar-refractivity contribution in [2.75, 3.05) is 42.5 Å². The van der Waals surface area contributed by atoms with Crippen molar-refractivity contribution in [1.82, 2.24) is 24.7 Å². The number of carbonyl (C=O) groups excluding carboxylic acids is 3. The monoisotopic (exact) mass is 1360 g/mol. The Hall–Kier alpha value is -12.4. The second-order valence-electron chi connectivity index (χ2n) is 25.0. The number of hydrogen-bond acceptors (Lipinski definition) is 12. The van der Waals surface area contributed by atoms with E-state index in [0.717, 1.165) is 55.6 Å². The summed E-state index contributed by atoms with van der Waals surface area (Å²) < 4.78 is 63.4. The topological polar surface area (TPSA) is 179 Å². The van der Waals surface area contributed by atoms with Crippen LogP contribution in [-0.2, 0) is 39.0 Å². The molecule has 12 aromatic rings. The number of ether oxygens (including phenoxy) is 6. The highest BCUT2D eigenvalue weighted by Crippen LogP contribution is 2.47. The van der Waals surface area contributed by atoms with Crippen molar-refractivity contribution in [3.63, 3.8) is 0 Å². The van der Waals surface area contributed by atoms with Gasteiger partial charge in [-0.05, 0) is 118 Å². The number of rotatable bonds is 22. The molecule has 0 fully saturated rings. The molecule has 4 heterocycles. The molecule has 102 heavy (non-hydrogen) atoms. The Labute approximate surface area is 588 Å². The molecule has 0 unspecified atom stereocenters. The first kappa shape index (κ1) is 68.1. The summed E-state index contributed by atoms with van der Waals surface area (Å²) in [6, 6.07) is 65.9. The quantitative estimate of drug-likeness (QED) is 0.0678. The number of nitrogens with zero attached hydrogens (tertiary/aromatic N) is 5. The van der Waals surface area contributed by atoms with E-state index in [-0.39, 0.29) is 77.9 Å². The molecule has 16 nitrogen and oxygen atoms in total. The lowest BCUT2D eigenvalue weighted by Gasteiger charge is -2.24. The molecule has 0 atom stereocenters. The molecule has 0 saturated carbocycles. The Morgan fingerprint density at radius 3 is 1.18 bits per heavy atom. The third kappa shape index (κ3) is 14.1. The SMILES string of the molecule is COc1ccc(CN2Cc3c(c(OC(c4ccccc4)c4ccccc4)c4ncc(Cc5ccc(F)cc5)cc4c3C(=O)N(C)C)C2=O)c(OC)c1.COc1ccc(CN2Cc3c(c(OC(c4ccccc4)c4ccccc4)c4ncc(Cc5ccc(F)cc5)cc4c3C(=O)O)C2=O)c(OC)c1. The second-order valence-corrected chi connectivity index (χ2v) is 25.0. The van der Waals surface area contributed by atoms with E-state index in [9.17, 15) is 33.1 Å². The molecule has 14 rings (SSSR count). The molecule has 10 aromatic carbocycles. The van der Waals surface area contributed by atoms with E-state index in [1.807, 2.05) is 146 Å². The van der Waals surface area contributed by atoms with Crippen molar-refractivity contribution in [3.05, 3.63) is 331 Å². The zero-order valence-corrected chi connectivity index (χ0v) is 56.9. The molecular weight excluding hydrogens is 1290 g/mol. The average Bonchev–Trinajstić information content (AvgIpc) is 1.49. The van der Waals surface area contributed by atoms with Crippen LogP contribution in [0.25, 0.3) is 21.8 Å². The largest absolute Gasteiger partial charge is 0.497 e. The van der Waals surface area contributed by atoms with Gasteiger partial charge in [-0.3, -0.25) is 24.4 Å². The Balaban J connectivity index is 0.000000182. The molecule has 0 bridgehead atoms. The molecule has 0 radical (unpaired) electrons. The van der Waals surface area contributed by atoms with Crippen LogP contribution in [0.15, 0.2) is 231 Å². The minimum atomic E-state index is -1.18. The van der Waals surface area contributed by atoms with Crippen LogP contribution >= 0.6 is 0 Å². The zero-order valence-electron chi connectivity index (χ0n) is 56.9. The van der Waals surface area contributed by atoms with Gasteiger partial charge >= 0.3 is 5.97 Å². The normalized spacial score (nSPS) is 12.3. The van der Waals surface area contributed by atoms with Gasteiger partial charge in [0, 0.05) is 97.8 Å². The third-order valence-corrected chi connectivity index (χ3v) is 18.3. The summed E-state index contributed by atoms with van der Waals surface area (Å²) in [5.74, 6) is 0.104. The van der Waals surface area contributed by atoms with Gasteiger partial charge in [0.05, 0.1) is 50.7 Å². The van der Waals surface area contributed by atoms with Crippen LogP contribution in [-0.4, -0.2) is 96.0 Å². The molecule has 0 aliphatic carbocycles. The third-order valence-electron chi connectivity index (χ3n) is 18.3. The van der Waals surface area contributed by atoms with Crippen molar-refractivity contribution < 1.29 is 61.5 Å². The van der Waals surface area contributed by atoms with Gasteiger partial charge in [-0.15, -0.1) is 0 Å². The number of methoxy groups -OCH3 is 4. The Kier molecular flexibility index (Phi) is 20.0. The van der Waals surface area contributed by atoms with Gasteiger partial charge in [-0.1, -0.05) is 146 Å². The van der Waals surface area contributed by atoms with Crippen LogP contribution in [0.1, 0.15) is 120 Å². The number of carbonyl (C=O) groups is 4. The first-order valence-electron chi connectivity index (χ1n) is 33.0. The molecule has 0 saturated heterocycles. The number of aromatic nitrogens is 2. The lowest BCUT2D eigenvalue weighted by Crippen LogP contribution is -2.24. The van der Waals surface area contributed by atoms with E-state index < -0.39 is 18.2 Å². The fraction of sp³-hybridized carbons (Fsp3) is 0.167. The standard InChI is InChI=1S/C43H38FN3O5.C41H33FN2O6/c1-46(2)42(48)37-34-22-28(21-27-15-18-32(44)19-16-27)24-45-39(34)41(52-40(29-11-7-5-8-12-29)30-13-9-6-10-14-30)38-35(37)26-47(43(38)49)25-31-17-20-33(50-3)23-36(31)51-4;1-48-31-18-15-29(34(21-31)49-2)23-44-24-33-35(41(46)47)32-20-26(19-25-13-16-30(42)17-14-25)22-43-37(32)39(36(33)40(44)45)50-38(27-9-5-3-6-10-27)28-11-7-4-8-12-28/h5-20,22-24,40H,21,25-26H2,1-4H3;3-18,20-22,38H,19,23-24H2,1-2H3,(H,46,47). The first-order chi connectivity index (χ1) is 49.6. The summed E-state index contributed by atoms with van der Waals surface area (Å²) in [6.07, 6.45) is 3.02. The van der Waals surface area contributed by atoms with Crippen molar-refractivity contribution in [2.45, 2.75) is 51.2 Å². The number of fused-ring (bicyclic) bond motifs is 4. The maximum absolute atomic E-state index is 14.7. The molecule has 2 aliphatic heterocycles.